The molecule has 0 saturated carbocycles. The van der Waals surface area contributed by atoms with Crippen LogP contribution in [0.5, 0.6) is 0 Å². The van der Waals surface area contributed by atoms with E-state index in [0.29, 0.717) is 0 Å². The molecule has 0 aromatic heterocycles. The van der Waals surface area contributed by atoms with Crippen molar-refractivity contribution >= 4 is 11.6 Å². The molecule has 1 aromatic rings. The predicted octanol–water partition coefficient (Wildman–Crippen LogP) is 1.12. The molecule has 8 heteroatoms. The third-order valence-electron chi connectivity index (χ3n) is 2.16. The number of hydrogen-bond donors (Lipinski definition) is 3. The van der Waals surface area contributed by atoms with Crippen LogP contribution in [-0.4, -0.2) is 36.6 Å². The Kier molecular flexibility index (Phi) is 5.71. The molecule has 1 amide bonds. The van der Waals surface area contributed by atoms with Gasteiger partial charge in [-0.1, -0.05) is 6.07 Å². The molecule has 19 heavy (non-hydrogen) atoms. The van der Waals surface area contributed by atoms with Crippen LogP contribution >= 0.6 is 0 Å². The summed E-state index contributed by atoms with van der Waals surface area (Å²) in [6.45, 7) is -0.970. The van der Waals surface area contributed by atoms with Gasteiger partial charge in [0.2, 0.25) is 5.91 Å². The largest absolute Gasteiger partial charge is 0.386 e. The van der Waals surface area contributed by atoms with E-state index < -0.39 is 48.8 Å². The van der Waals surface area contributed by atoms with Crippen molar-refractivity contribution in [1.82, 2.24) is 5.32 Å². The lowest BCUT2D eigenvalue weighted by molar-refractivity contribution is -0.115. The third kappa shape index (κ3) is 4.84. The van der Waals surface area contributed by atoms with Gasteiger partial charge >= 0.3 is 0 Å². The molecule has 0 aliphatic rings. The topological polar surface area (TPSA) is 61.4 Å². The van der Waals surface area contributed by atoms with Gasteiger partial charge in [0.25, 0.3) is 6.43 Å². The minimum atomic E-state index is -2.93. The van der Waals surface area contributed by atoms with Gasteiger partial charge in [-0.15, -0.1) is 0 Å². The Bertz CT molecular complexity index is 422. The summed E-state index contributed by atoms with van der Waals surface area (Å²) in [5, 5.41) is 13.0. The van der Waals surface area contributed by atoms with Crippen molar-refractivity contribution < 1.29 is 27.5 Å². The first-order chi connectivity index (χ1) is 8.91. The number of rotatable bonds is 6. The highest BCUT2D eigenvalue weighted by molar-refractivity contribution is 5.92. The maximum absolute atomic E-state index is 13.2. The standard InChI is InChI=1S/C11H12F4N2O2/c12-6-2-1-3-7(13)10(6)17-9(19)5-16-4-8(18)11(14)15/h1-3,8,11,16,18H,4-5H2,(H,17,19). The molecule has 0 fully saturated rings. The third-order valence-corrected chi connectivity index (χ3v) is 2.16. The highest BCUT2D eigenvalue weighted by atomic mass is 19.3. The molecular weight excluding hydrogens is 268 g/mol. The number of aliphatic hydroxyl groups excluding tert-OH is 1. The molecule has 0 saturated heterocycles. The minimum Gasteiger partial charge on any atom is -0.386 e. The van der Waals surface area contributed by atoms with Crippen LogP contribution in [-0.2, 0) is 4.79 Å². The molecule has 1 unspecified atom stereocenters. The molecule has 0 heterocycles. The van der Waals surface area contributed by atoms with Crippen molar-refractivity contribution in [1.29, 1.82) is 0 Å². The lowest BCUT2D eigenvalue weighted by Crippen LogP contribution is -2.36. The number of alkyl halides is 2. The number of benzene rings is 1. The summed E-state index contributed by atoms with van der Waals surface area (Å²) in [5.74, 6) is -2.70. The van der Waals surface area contributed by atoms with Gasteiger partial charge < -0.3 is 15.7 Å². The Labute approximate surface area is 106 Å². The summed E-state index contributed by atoms with van der Waals surface area (Å²) in [4.78, 5) is 11.3. The second-order valence-electron chi connectivity index (χ2n) is 3.68. The van der Waals surface area contributed by atoms with E-state index in [-0.39, 0.29) is 0 Å². The van der Waals surface area contributed by atoms with Crippen LogP contribution in [0.3, 0.4) is 0 Å². The Morgan fingerprint density at radius 3 is 2.37 bits per heavy atom. The molecular formula is C11H12F4N2O2. The smallest absolute Gasteiger partial charge is 0.265 e. The first kappa shape index (κ1) is 15.4. The van der Waals surface area contributed by atoms with Gasteiger partial charge in [-0.2, -0.15) is 0 Å². The van der Waals surface area contributed by atoms with Crippen molar-refractivity contribution in [2.24, 2.45) is 0 Å². The highest BCUT2D eigenvalue weighted by Gasteiger charge is 2.17. The Morgan fingerprint density at radius 2 is 1.84 bits per heavy atom. The highest BCUT2D eigenvalue weighted by Crippen LogP contribution is 2.17. The van der Waals surface area contributed by atoms with E-state index in [2.05, 4.69) is 5.32 Å². The molecule has 0 spiro atoms. The van der Waals surface area contributed by atoms with E-state index in [1.54, 1.807) is 0 Å². The van der Waals surface area contributed by atoms with Gasteiger partial charge in [0.05, 0.1) is 6.54 Å². The molecule has 106 valence electrons. The molecule has 0 bridgehead atoms. The Morgan fingerprint density at radius 1 is 1.26 bits per heavy atom. The van der Waals surface area contributed by atoms with E-state index in [9.17, 15) is 22.4 Å². The SMILES string of the molecule is O=C(CNCC(O)C(F)F)Nc1c(F)cccc1F. The fourth-order valence-corrected chi connectivity index (χ4v) is 1.22. The van der Waals surface area contributed by atoms with Crippen LogP contribution in [0.1, 0.15) is 0 Å². The van der Waals surface area contributed by atoms with Crippen LogP contribution in [0.15, 0.2) is 18.2 Å². The number of para-hydroxylation sites is 1. The molecule has 4 nitrogen and oxygen atoms in total. The van der Waals surface area contributed by atoms with E-state index in [4.69, 9.17) is 5.11 Å². The summed E-state index contributed by atoms with van der Waals surface area (Å²) in [6, 6.07) is 3.07. The number of carbonyl (C=O) groups is 1. The number of amides is 1. The summed E-state index contributed by atoms with van der Waals surface area (Å²) >= 11 is 0. The van der Waals surface area contributed by atoms with E-state index in [1.165, 1.54) is 0 Å². The maximum atomic E-state index is 13.2. The summed E-state index contributed by atoms with van der Waals surface area (Å²) in [7, 11) is 0. The van der Waals surface area contributed by atoms with Gasteiger partial charge in [-0.05, 0) is 12.1 Å². The fourth-order valence-electron chi connectivity index (χ4n) is 1.22. The number of carbonyl (C=O) groups excluding carboxylic acids is 1. The Hall–Kier alpha value is -1.67. The molecule has 0 radical (unpaired) electrons. The molecule has 0 aliphatic carbocycles. The van der Waals surface area contributed by atoms with Crippen molar-refractivity contribution in [2.45, 2.75) is 12.5 Å². The van der Waals surface area contributed by atoms with Crippen LogP contribution in [0, 0.1) is 11.6 Å². The van der Waals surface area contributed by atoms with Crippen molar-refractivity contribution in [3.05, 3.63) is 29.8 Å². The number of aliphatic hydroxyl groups is 1. The second kappa shape index (κ2) is 7.05. The van der Waals surface area contributed by atoms with Crippen LogP contribution in [0.4, 0.5) is 23.2 Å². The number of halogens is 4. The average molecular weight is 280 g/mol. The van der Waals surface area contributed by atoms with Gasteiger partial charge in [-0.3, -0.25) is 4.79 Å². The van der Waals surface area contributed by atoms with Crippen molar-refractivity contribution in [2.75, 3.05) is 18.4 Å². The first-order valence-electron chi connectivity index (χ1n) is 5.32. The summed E-state index contributed by atoms with van der Waals surface area (Å²) in [6.07, 6.45) is -4.84. The van der Waals surface area contributed by atoms with Crippen LogP contribution < -0.4 is 10.6 Å². The van der Waals surface area contributed by atoms with Crippen molar-refractivity contribution in [3.8, 4) is 0 Å². The zero-order valence-corrected chi connectivity index (χ0v) is 9.67. The quantitative estimate of drug-likeness (QED) is 0.684. The van der Waals surface area contributed by atoms with Crippen LogP contribution in [0.2, 0.25) is 0 Å². The molecule has 1 aromatic carbocycles. The van der Waals surface area contributed by atoms with Gasteiger partial charge in [-0.25, -0.2) is 17.6 Å². The lowest BCUT2D eigenvalue weighted by Gasteiger charge is -2.11. The number of nitrogens with one attached hydrogen (secondary N) is 2. The van der Waals surface area contributed by atoms with E-state index in [0.717, 1.165) is 18.2 Å². The zero-order valence-electron chi connectivity index (χ0n) is 9.67. The normalized spacial score (nSPS) is 12.5. The zero-order chi connectivity index (χ0) is 14.4. The summed E-state index contributed by atoms with van der Waals surface area (Å²) in [5.41, 5.74) is -0.608. The average Bonchev–Trinajstić information content (AvgIpc) is 2.33. The van der Waals surface area contributed by atoms with Gasteiger partial charge in [0, 0.05) is 6.54 Å². The lowest BCUT2D eigenvalue weighted by atomic mass is 10.3. The molecule has 1 atom stereocenters. The number of anilines is 1. The molecule has 1 rings (SSSR count). The second-order valence-corrected chi connectivity index (χ2v) is 3.68. The van der Waals surface area contributed by atoms with Gasteiger partial charge in [0.1, 0.15) is 23.4 Å². The predicted molar refractivity (Wildman–Crippen MR) is 59.9 cm³/mol. The van der Waals surface area contributed by atoms with Gasteiger partial charge in [0.15, 0.2) is 0 Å². The first-order valence-corrected chi connectivity index (χ1v) is 5.32. The molecule has 3 N–H and O–H groups in total. The minimum absolute atomic E-state index is 0.461. The maximum Gasteiger partial charge on any atom is 0.265 e. The van der Waals surface area contributed by atoms with E-state index >= 15 is 0 Å². The number of hydrogen-bond acceptors (Lipinski definition) is 3. The van der Waals surface area contributed by atoms with Crippen LogP contribution in [0.25, 0.3) is 0 Å². The summed E-state index contributed by atoms with van der Waals surface area (Å²) < 4.78 is 50.1. The van der Waals surface area contributed by atoms with E-state index in [1.807, 2.05) is 5.32 Å². The fraction of sp³-hybridized carbons (Fsp3) is 0.364. The Balaban J connectivity index is 2.44. The molecule has 0 aliphatic heterocycles. The monoisotopic (exact) mass is 280 g/mol. The van der Waals surface area contributed by atoms with Crippen molar-refractivity contribution in [3.63, 3.8) is 0 Å².